The molecule has 0 bridgehead atoms. The molecule has 3 aromatic rings. The number of nitrogens with zero attached hydrogens (tertiary/aromatic N) is 2. The highest BCUT2D eigenvalue weighted by Gasteiger charge is 2.11. The van der Waals surface area contributed by atoms with Crippen molar-refractivity contribution in [3.05, 3.63) is 46.5 Å². The summed E-state index contributed by atoms with van der Waals surface area (Å²) in [6.45, 7) is 2.82. The molecule has 21 heavy (non-hydrogen) atoms. The van der Waals surface area contributed by atoms with Crippen molar-refractivity contribution in [1.29, 1.82) is 0 Å². The van der Waals surface area contributed by atoms with Crippen molar-refractivity contribution in [2.45, 2.75) is 13.3 Å². The van der Waals surface area contributed by atoms with Crippen LogP contribution >= 0.6 is 23.6 Å². The molecule has 3 rings (SSSR count). The van der Waals surface area contributed by atoms with E-state index >= 15 is 0 Å². The van der Waals surface area contributed by atoms with E-state index in [1.807, 2.05) is 46.3 Å². The Morgan fingerprint density at radius 1 is 1.29 bits per heavy atom. The molecule has 0 radical (unpaired) electrons. The van der Waals surface area contributed by atoms with Crippen LogP contribution in [0.5, 0.6) is 5.75 Å². The van der Waals surface area contributed by atoms with Gasteiger partial charge in [0, 0.05) is 0 Å². The van der Waals surface area contributed by atoms with Crippen LogP contribution in [0.1, 0.15) is 13.3 Å². The molecule has 0 unspecified atom stereocenters. The minimum atomic E-state index is 0.584. The molecular weight excluding hydrogens is 302 g/mol. The molecule has 1 aromatic carbocycles. The second-order valence-corrected chi connectivity index (χ2v) is 5.84. The van der Waals surface area contributed by atoms with Gasteiger partial charge in [-0.3, -0.25) is 9.67 Å². The van der Waals surface area contributed by atoms with E-state index in [9.17, 15) is 0 Å². The lowest BCUT2D eigenvalue weighted by atomic mass is 10.3. The normalized spacial score (nSPS) is 10.7. The molecule has 0 aliphatic heterocycles. The molecule has 108 valence electrons. The topological polar surface area (TPSA) is 42.8 Å². The van der Waals surface area contributed by atoms with Crippen LogP contribution in [0.3, 0.4) is 0 Å². The molecular formula is C15H15N3OS2. The zero-order valence-electron chi connectivity index (χ0n) is 11.6. The molecule has 6 heteroatoms. The van der Waals surface area contributed by atoms with Gasteiger partial charge in [0.15, 0.2) is 10.6 Å². The summed E-state index contributed by atoms with van der Waals surface area (Å²) in [5.41, 5.74) is 0.973. The van der Waals surface area contributed by atoms with Crippen molar-refractivity contribution in [2.24, 2.45) is 0 Å². The highest BCUT2D eigenvalue weighted by molar-refractivity contribution is 7.71. The molecule has 2 heterocycles. The third kappa shape index (κ3) is 2.91. The third-order valence-corrected chi connectivity index (χ3v) is 4.12. The fourth-order valence-electron chi connectivity index (χ4n) is 2.02. The number of thiophene rings is 1. The van der Waals surface area contributed by atoms with Crippen molar-refractivity contribution < 1.29 is 4.74 Å². The Morgan fingerprint density at radius 3 is 2.76 bits per heavy atom. The Hall–Kier alpha value is -1.92. The second kappa shape index (κ2) is 6.24. The number of ether oxygens (including phenoxy) is 1. The number of benzene rings is 1. The maximum Gasteiger partial charge on any atom is 0.200 e. The summed E-state index contributed by atoms with van der Waals surface area (Å²) in [7, 11) is 0. The van der Waals surface area contributed by atoms with Gasteiger partial charge >= 0.3 is 0 Å². The SMILES string of the molecule is CCCOc1ccc(-n2c(-c3cccs3)n[nH]c2=S)cc1. The van der Waals surface area contributed by atoms with Crippen molar-refractivity contribution in [3.63, 3.8) is 0 Å². The molecule has 0 amide bonds. The predicted molar refractivity (Wildman–Crippen MR) is 87.8 cm³/mol. The van der Waals surface area contributed by atoms with Gasteiger partial charge in [-0.25, -0.2) is 0 Å². The lowest BCUT2D eigenvalue weighted by Crippen LogP contribution is -1.98. The molecule has 4 nitrogen and oxygen atoms in total. The zero-order valence-corrected chi connectivity index (χ0v) is 13.2. The summed E-state index contributed by atoms with van der Waals surface area (Å²) >= 11 is 6.99. The maximum atomic E-state index is 5.60. The van der Waals surface area contributed by atoms with Crippen LogP contribution < -0.4 is 4.74 Å². The first-order valence-corrected chi connectivity index (χ1v) is 8.03. The summed E-state index contributed by atoms with van der Waals surface area (Å²) in [6, 6.07) is 11.9. The summed E-state index contributed by atoms with van der Waals surface area (Å²) in [5.74, 6) is 1.70. The van der Waals surface area contributed by atoms with E-state index in [0.717, 1.165) is 35.2 Å². The van der Waals surface area contributed by atoms with Gasteiger partial charge in [0.2, 0.25) is 0 Å². The number of aromatic amines is 1. The third-order valence-electron chi connectivity index (χ3n) is 2.98. The fourth-order valence-corrected chi connectivity index (χ4v) is 2.96. The van der Waals surface area contributed by atoms with E-state index in [2.05, 4.69) is 17.1 Å². The van der Waals surface area contributed by atoms with Crippen molar-refractivity contribution in [1.82, 2.24) is 14.8 Å². The molecule has 0 fully saturated rings. The average molecular weight is 317 g/mol. The van der Waals surface area contributed by atoms with Crippen LogP contribution in [0.4, 0.5) is 0 Å². The number of hydrogen-bond donors (Lipinski definition) is 1. The van der Waals surface area contributed by atoms with Crippen molar-refractivity contribution >= 4 is 23.6 Å². The second-order valence-electron chi connectivity index (χ2n) is 4.51. The summed E-state index contributed by atoms with van der Waals surface area (Å²) < 4.78 is 8.12. The molecule has 0 aliphatic carbocycles. The first-order chi connectivity index (χ1) is 10.3. The van der Waals surface area contributed by atoms with Crippen LogP contribution in [-0.4, -0.2) is 21.4 Å². The quantitative estimate of drug-likeness (QED) is 0.707. The molecule has 0 aliphatic rings. The number of nitrogens with one attached hydrogen (secondary N) is 1. The van der Waals surface area contributed by atoms with E-state index in [1.165, 1.54) is 0 Å². The number of H-pyrrole nitrogens is 1. The van der Waals surface area contributed by atoms with Gasteiger partial charge in [0.1, 0.15) is 5.75 Å². The lowest BCUT2D eigenvalue weighted by Gasteiger charge is -2.08. The van der Waals surface area contributed by atoms with Crippen LogP contribution in [-0.2, 0) is 0 Å². The van der Waals surface area contributed by atoms with Gasteiger partial charge in [-0.15, -0.1) is 11.3 Å². The Balaban J connectivity index is 1.97. The summed E-state index contributed by atoms with van der Waals surface area (Å²) in [5, 5.41) is 9.22. The lowest BCUT2D eigenvalue weighted by molar-refractivity contribution is 0.317. The zero-order chi connectivity index (χ0) is 14.7. The largest absolute Gasteiger partial charge is 0.494 e. The van der Waals surface area contributed by atoms with Gasteiger partial charge in [0.05, 0.1) is 17.2 Å². The van der Waals surface area contributed by atoms with Gasteiger partial charge in [-0.2, -0.15) is 5.10 Å². The number of aromatic nitrogens is 3. The van der Waals surface area contributed by atoms with Crippen LogP contribution in [0.25, 0.3) is 16.4 Å². The highest BCUT2D eigenvalue weighted by Crippen LogP contribution is 2.26. The number of hydrogen-bond acceptors (Lipinski definition) is 4. The van der Waals surface area contributed by atoms with Gasteiger partial charge in [-0.05, 0) is 54.4 Å². The smallest absolute Gasteiger partial charge is 0.200 e. The van der Waals surface area contributed by atoms with E-state index in [4.69, 9.17) is 17.0 Å². The molecule has 2 aromatic heterocycles. The molecule has 0 saturated heterocycles. The first-order valence-electron chi connectivity index (χ1n) is 6.74. The van der Waals surface area contributed by atoms with E-state index in [1.54, 1.807) is 11.3 Å². The van der Waals surface area contributed by atoms with Crippen LogP contribution in [0.15, 0.2) is 41.8 Å². The molecule has 1 N–H and O–H groups in total. The Morgan fingerprint density at radius 2 is 2.10 bits per heavy atom. The Bertz CT molecular complexity index is 757. The maximum absolute atomic E-state index is 5.60. The minimum Gasteiger partial charge on any atom is -0.494 e. The van der Waals surface area contributed by atoms with Gasteiger partial charge in [0.25, 0.3) is 0 Å². The fraction of sp³-hybridized carbons (Fsp3) is 0.200. The summed E-state index contributed by atoms with van der Waals surface area (Å²) in [6.07, 6.45) is 0.997. The van der Waals surface area contributed by atoms with Gasteiger partial charge in [-0.1, -0.05) is 13.0 Å². The Kier molecular flexibility index (Phi) is 4.17. The minimum absolute atomic E-state index is 0.584. The standard InChI is InChI=1S/C15H15N3OS2/c1-2-9-19-12-7-5-11(6-8-12)18-14(16-17-15(18)20)13-4-3-10-21-13/h3-8,10H,2,9H2,1H3,(H,17,20). The predicted octanol–water partition coefficient (Wildman–Crippen LogP) is 4.45. The van der Waals surface area contributed by atoms with Crippen LogP contribution in [0, 0.1) is 4.77 Å². The Labute approximate surface area is 132 Å². The molecule has 0 saturated carbocycles. The van der Waals surface area contributed by atoms with Crippen LogP contribution in [0.2, 0.25) is 0 Å². The van der Waals surface area contributed by atoms with Crippen molar-refractivity contribution in [2.75, 3.05) is 6.61 Å². The summed E-state index contributed by atoms with van der Waals surface area (Å²) in [4.78, 5) is 1.08. The number of rotatable bonds is 5. The van der Waals surface area contributed by atoms with E-state index in [-0.39, 0.29) is 0 Å². The first kappa shape index (κ1) is 14.0. The average Bonchev–Trinajstić information content (AvgIpc) is 3.15. The monoisotopic (exact) mass is 317 g/mol. The molecule has 0 spiro atoms. The van der Waals surface area contributed by atoms with E-state index < -0.39 is 0 Å². The molecule has 0 atom stereocenters. The van der Waals surface area contributed by atoms with E-state index in [0.29, 0.717) is 4.77 Å². The van der Waals surface area contributed by atoms with Gasteiger partial charge < -0.3 is 4.74 Å². The highest BCUT2D eigenvalue weighted by atomic mass is 32.1. The van der Waals surface area contributed by atoms with Crippen molar-refractivity contribution in [3.8, 4) is 22.1 Å².